The molecule has 1 aliphatic carbocycles. The number of Topliss-reactive ketones (excluding diaryl/α,β-unsaturated/α-hetero) is 1. The number of amides is 1. The van der Waals surface area contributed by atoms with Crippen LogP contribution < -0.4 is 0 Å². The SMILES string of the molecule is CC(C)n1ncc2c1C(=O)C(Br)C1(CCN(C(=O)OCc3ccccc3)CC1)C2. The average Bonchev–Trinajstić information content (AvgIpc) is 3.15. The molecule has 1 aromatic heterocycles. The van der Waals surface area contributed by atoms with E-state index in [2.05, 4.69) is 21.0 Å². The van der Waals surface area contributed by atoms with E-state index in [4.69, 9.17) is 4.74 Å². The third-order valence-corrected chi connectivity index (χ3v) is 7.51. The molecule has 1 saturated heterocycles. The van der Waals surface area contributed by atoms with Gasteiger partial charge >= 0.3 is 6.09 Å². The van der Waals surface area contributed by atoms with Crippen molar-refractivity contribution < 1.29 is 14.3 Å². The number of aromatic nitrogens is 2. The molecular weight excluding hydrogens is 434 g/mol. The van der Waals surface area contributed by atoms with Gasteiger partial charge in [0.15, 0.2) is 5.78 Å². The van der Waals surface area contributed by atoms with Crippen molar-refractivity contribution >= 4 is 27.8 Å². The number of ether oxygens (including phenoxy) is 1. The molecule has 2 aromatic rings. The Balaban J connectivity index is 1.41. The summed E-state index contributed by atoms with van der Waals surface area (Å²) < 4.78 is 7.30. The molecule has 0 saturated carbocycles. The summed E-state index contributed by atoms with van der Waals surface area (Å²) in [5.74, 6) is 0.109. The van der Waals surface area contributed by atoms with E-state index in [9.17, 15) is 9.59 Å². The molecule has 0 bridgehead atoms. The Morgan fingerprint density at radius 1 is 1.28 bits per heavy atom. The fourth-order valence-corrected chi connectivity index (χ4v) is 5.27. The Kier molecular flexibility index (Phi) is 5.51. The van der Waals surface area contributed by atoms with Gasteiger partial charge in [-0.25, -0.2) is 4.79 Å². The Bertz CT molecular complexity index is 901. The molecule has 154 valence electrons. The summed E-state index contributed by atoms with van der Waals surface area (Å²) in [4.78, 5) is 27.1. The van der Waals surface area contributed by atoms with Gasteiger partial charge in [0.05, 0.1) is 11.0 Å². The second-order valence-corrected chi connectivity index (χ2v) is 9.27. The number of benzene rings is 1. The van der Waals surface area contributed by atoms with E-state index >= 15 is 0 Å². The maximum Gasteiger partial charge on any atom is 0.410 e. The van der Waals surface area contributed by atoms with E-state index in [-0.39, 0.29) is 34.8 Å². The number of rotatable bonds is 3. The van der Waals surface area contributed by atoms with Crippen LogP contribution >= 0.6 is 15.9 Å². The second-order valence-electron chi connectivity index (χ2n) is 8.35. The van der Waals surface area contributed by atoms with E-state index in [1.54, 1.807) is 4.90 Å². The highest BCUT2D eigenvalue weighted by Crippen LogP contribution is 2.47. The fraction of sp³-hybridized carbons (Fsp3) is 0.500. The Labute approximate surface area is 179 Å². The van der Waals surface area contributed by atoms with Gasteiger partial charge in [0.25, 0.3) is 0 Å². The van der Waals surface area contributed by atoms with Crippen molar-refractivity contribution in [1.82, 2.24) is 14.7 Å². The number of nitrogens with zero attached hydrogens (tertiary/aromatic N) is 3. The third-order valence-electron chi connectivity index (χ3n) is 6.13. The maximum absolute atomic E-state index is 13.1. The van der Waals surface area contributed by atoms with E-state index in [1.165, 1.54) is 0 Å². The lowest BCUT2D eigenvalue weighted by molar-refractivity contribution is 0.0547. The Morgan fingerprint density at radius 2 is 1.97 bits per heavy atom. The van der Waals surface area contributed by atoms with Crippen LogP contribution in [0.25, 0.3) is 0 Å². The number of carbonyl (C=O) groups excluding carboxylic acids is 2. The zero-order valence-corrected chi connectivity index (χ0v) is 18.4. The van der Waals surface area contributed by atoms with Gasteiger partial charge in [-0.3, -0.25) is 9.48 Å². The molecule has 29 heavy (non-hydrogen) atoms. The van der Waals surface area contributed by atoms with Crippen molar-refractivity contribution in [3.8, 4) is 0 Å². The Hall–Kier alpha value is -2.15. The zero-order chi connectivity index (χ0) is 20.6. The first-order valence-electron chi connectivity index (χ1n) is 10.1. The quantitative estimate of drug-likeness (QED) is 0.638. The topological polar surface area (TPSA) is 64.4 Å². The van der Waals surface area contributed by atoms with Gasteiger partial charge in [-0.05, 0) is 44.1 Å². The van der Waals surface area contributed by atoms with Gasteiger partial charge in [0.2, 0.25) is 0 Å². The smallest absolute Gasteiger partial charge is 0.410 e. The highest BCUT2D eigenvalue weighted by molar-refractivity contribution is 9.10. The first kappa shape index (κ1) is 20.1. The Morgan fingerprint density at radius 3 is 2.62 bits per heavy atom. The summed E-state index contributed by atoms with van der Waals surface area (Å²) in [6.07, 6.45) is 3.89. The second kappa shape index (κ2) is 7.94. The molecule has 0 radical (unpaired) electrons. The van der Waals surface area contributed by atoms with Crippen LogP contribution in [-0.4, -0.2) is 44.5 Å². The summed E-state index contributed by atoms with van der Waals surface area (Å²) in [5, 5.41) is 4.45. The summed E-state index contributed by atoms with van der Waals surface area (Å²) in [6, 6.07) is 9.83. The van der Waals surface area contributed by atoms with Crippen molar-refractivity contribution in [1.29, 1.82) is 0 Å². The predicted molar refractivity (Wildman–Crippen MR) is 113 cm³/mol. The van der Waals surface area contributed by atoms with Gasteiger partial charge in [-0.15, -0.1) is 0 Å². The summed E-state index contributed by atoms with van der Waals surface area (Å²) in [5.41, 5.74) is 2.56. The lowest BCUT2D eigenvalue weighted by atomic mass is 9.67. The van der Waals surface area contributed by atoms with E-state index in [0.29, 0.717) is 13.1 Å². The van der Waals surface area contributed by atoms with Crippen molar-refractivity contribution in [2.75, 3.05) is 13.1 Å². The molecule has 1 atom stereocenters. The van der Waals surface area contributed by atoms with Crippen molar-refractivity contribution in [3.63, 3.8) is 0 Å². The predicted octanol–water partition coefficient (Wildman–Crippen LogP) is 4.39. The number of alkyl halides is 1. The molecule has 1 amide bonds. The van der Waals surface area contributed by atoms with Gasteiger partial charge < -0.3 is 9.64 Å². The number of fused-ring (bicyclic) bond motifs is 1. The minimum absolute atomic E-state index is 0.109. The van der Waals surface area contributed by atoms with Crippen LogP contribution in [-0.2, 0) is 17.8 Å². The van der Waals surface area contributed by atoms with Crippen LogP contribution in [0, 0.1) is 5.41 Å². The van der Waals surface area contributed by atoms with E-state index in [1.807, 2.05) is 55.1 Å². The van der Waals surface area contributed by atoms with Crippen LogP contribution in [0.15, 0.2) is 36.5 Å². The average molecular weight is 460 g/mol. The number of carbonyl (C=O) groups is 2. The lowest BCUT2D eigenvalue weighted by Crippen LogP contribution is -2.52. The van der Waals surface area contributed by atoms with E-state index in [0.717, 1.165) is 36.1 Å². The molecule has 4 rings (SSSR count). The number of likely N-dealkylation sites (tertiary alicyclic amines) is 1. The van der Waals surface area contributed by atoms with Gasteiger partial charge in [0.1, 0.15) is 12.3 Å². The van der Waals surface area contributed by atoms with E-state index < -0.39 is 0 Å². The molecule has 2 heterocycles. The summed E-state index contributed by atoms with van der Waals surface area (Å²) in [6.45, 7) is 5.54. The molecule has 2 aliphatic rings. The third kappa shape index (κ3) is 3.72. The first-order valence-corrected chi connectivity index (χ1v) is 11.0. The number of piperidine rings is 1. The minimum atomic E-state index is -0.287. The standard InChI is InChI=1S/C22H26BrN3O3/c1-15(2)26-18-17(13-24-26)12-22(20(23)19(18)27)8-10-25(11-9-22)21(28)29-14-16-6-4-3-5-7-16/h3-7,13,15,20H,8-12,14H2,1-2H3. The molecule has 7 heteroatoms. The normalized spacial score (nSPS) is 20.8. The highest BCUT2D eigenvalue weighted by atomic mass is 79.9. The van der Waals surface area contributed by atoms with Crippen LogP contribution in [0.4, 0.5) is 4.79 Å². The van der Waals surface area contributed by atoms with Crippen molar-refractivity contribution in [2.45, 2.75) is 50.6 Å². The molecule has 1 fully saturated rings. The minimum Gasteiger partial charge on any atom is -0.445 e. The van der Waals surface area contributed by atoms with Crippen LogP contribution in [0.2, 0.25) is 0 Å². The van der Waals surface area contributed by atoms with Crippen molar-refractivity contribution in [3.05, 3.63) is 53.3 Å². The molecule has 1 unspecified atom stereocenters. The van der Waals surface area contributed by atoms with Gasteiger partial charge in [-0.1, -0.05) is 46.3 Å². The molecule has 6 nitrogen and oxygen atoms in total. The molecule has 1 aromatic carbocycles. The van der Waals surface area contributed by atoms with Crippen LogP contribution in [0.1, 0.15) is 54.3 Å². The number of halogens is 1. The summed E-state index contributed by atoms with van der Waals surface area (Å²) >= 11 is 3.70. The largest absolute Gasteiger partial charge is 0.445 e. The summed E-state index contributed by atoms with van der Waals surface area (Å²) in [7, 11) is 0. The zero-order valence-electron chi connectivity index (χ0n) is 16.8. The maximum atomic E-state index is 13.1. The first-order chi connectivity index (χ1) is 13.9. The highest BCUT2D eigenvalue weighted by Gasteiger charge is 2.49. The monoisotopic (exact) mass is 459 g/mol. The van der Waals surface area contributed by atoms with Crippen LogP contribution in [0.3, 0.4) is 0 Å². The molecule has 1 aliphatic heterocycles. The molecule has 1 spiro atoms. The lowest BCUT2D eigenvalue weighted by Gasteiger charge is -2.46. The number of hydrogen-bond acceptors (Lipinski definition) is 4. The van der Waals surface area contributed by atoms with Crippen molar-refractivity contribution in [2.24, 2.45) is 5.41 Å². The molecule has 0 N–H and O–H groups in total. The van der Waals surface area contributed by atoms with Gasteiger partial charge in [-0.2, -0.15) is 5.10 Å². The number of ketones is 1. The fourth-order valence-electron chi connectivity index (χ4n) is 4.43. The molecular formula is C22H26BrN3O3. The van der Waals surface area contributed by atoms with Gasteiger partial charge in [0, 0.05) is 24.7 Å². The van der Waals surface area contributed by atoms with Crippen LogP contribution in [0.5, 0.6) is 0 Å². The number of hydrogen-bond donors (Lipinski definition) is 0.